The molecule has 0 saturated carbocycles. The number of fused-ring (bicyclic) bond motifs is 1. The number of aromatic nitrogens is 2. The summed E-state index contributed by atoms with van der Waals surface area (Å²) in [4.78, 5) is 6.66. The lowest BCUT2D eigenvalue weighted by molar-refractivity contribution is -0.0548. The van der Waals surface area contributed by atoms with Crippen molar-refractivity contribution in [2.45, 2.75) is 31.5 Å². The molecule has 2 N–H and O–H groups in total. The maximum absolute atomic E-state index is 5.77. The first-order valence-corrected chi connectivity index (χ1v) is 5.75. The minimum atomic E-state index is -0.0570. The highest BCUT2D eigenvalue weighted by atomic mass is 35.5. The Morgan fingerprint density at radius 2 is 2.22 bits per heavy atom. The highest BCUT2D eigenvalue weighted by Crippen LogP contribution is 2.28. The zero-order valence-corrected chi connectivity index (χ0v) is 11.6. The van der Waals surface area contributed by atoms with E-state index < -0.39 is 0 Å². The van der Waals surface area contributed by atoms with Crippen molar-refractivity contribution in [3.63, 3.8) is 0 Å². The first-order valence-electron chi connectivity index (χ1n) is 5.75. The highest BCUT2D eigenvalue weighted by Gasteiger charge is 2.34. The summed E-state index contributed by atoms with van der Waals surface area (Å²) in [5.74, 6) is 1.10. The molecule has 3 rings (SSSR count). The Kier molecular flexibility index (Phi) is 5.81. The number of ether oxygens (including phenoxy) is 1. The van der Waals surface area contributed by atoms with Gasteiger partial charge in [-0.25, -0.2) is 0 Å². The van der Waals surface area contributed by atoms with Crippen LogP contribution in [-0.2, 0) is 11.3 Å². The molecular weight excluding hydrogens is 279 g/mol. The third-order valence-corrected chi connectivity index (χ3v) is 3.34. The van der Waals surface area contributed by atoms with Gasteiger partial charge in [0, 0.05) is 12.6 Å². The van der Waals surface area contributed by atoms with Crippen LogP contribution >= 0.6 is 24.8 Å². The molecule has 2 aliphatic heterocycles. The van der Waals surface area contributed by atoms with Gasteiger partial charge >= 0.3 is 0 Å². The predicted octanol–water partition coefficient (Wildman–Crippen LogP) is 0.908. The molecule has 3 heterocycles. The molecule has 104 valence electrons. The molecule has 0 amide bonds. The van der Waals surface area contributed by atoms with Crippen LogP contribution in [0.15, 0.2) is 4.52 Å². The monoisotopic (exact) mass is 296 g/mol. The molecule has 1 aromatic heterocycles. The normalized spacial score (nSPS) is 27.2. The fourth-order valence-corrected chi connectivity index (χ4v) is 2.46. The molecular formula is C10H18Cl2N4O2. The van der Waals surface area contributed by atoms with Crippen LogP contribution in [0.2, 0.25) is 0 Å². The summed E-state index contributed by atoms with van der Waals surface area (Å²) in [6.45, 7) is 3.09. The number of hydrogen-bond donors (Lipinski definition) is 1. The summed E-state index contributed by atoms with van der Waals surface area (Å²) in [5, 5.41) is 3.91. The molecule has 0 bridgehead atoms. The maximum Gasteiger partial charge on any atom is 0.240 e. The third kappa shape index (κ3) is 2.95. The third-order valence-electron chi connectivity index (χ3n) is 3.34. The summed E-state index contributed by atoms with van der Waals surface area (Å²) in [6, 6.07) is 0.595. The summed E-state index contributed by atoms with van der Waals surface area (Å²) in [7, 11) is 0. The van der Waals surface area contributed by atoms with Crippen molar-refractivity contribution in [3.8, 4) is 0 Å². The molecule has 8 heteroatoms. The van der Waals surface area contributed by atoms with Crippen LogP contribution in [0, 0.1) is 0 Å². The average Bonchev–Trinajstić information content (AvgIpc) is 2.96. The van der Waals surface area contributed by atoms with Gasteiger partial charge in [-0.2, -0.15) is 4.98 Å². The van der Waals surface area contributed by atoms with Crippen LogP contribution in [0.25, 0.3) is 0 Å². The minimum Gasteiger partial charge on any atom is -0.367 e. The van der Waals surface area contributed by atoms with Gasteiger partial charge in [0.05, 0.1) is 13.2 Å². The second-order valence-corrected chi connectivity index (χ2v) is 4.36. The van der Waals surface area contributed by atoms with E-state index in [0.717, 1.165) is 19.7 Å². The fraction of sp³-hybridized carbons (Fsp3) is 0.800. The molecule has 18 heavy (non-hydrogen) atoms. The fourth-order valence-electron chi connectivity index (χ4n) is 2.46. The number of nitrogens with zero attached hydrogens (tertiary/aromatic N) is 3. The van der Waals surface area contributed by atoms with E-state index in [0.29, 0.717) is 17.8 Å². The standard InChI is InChI=1S/C10H16N4O2.2ClH/c11-4-9-12-10(13-16-9)8-5-14-3-1-2-7(14)6-15-8;;/h7-8H,1-6,11H2;2*1H/t7-,8+;;/m0../s1. The van der Waals surface area contributed by atoms with Gasteiger partial charge in [0.25, 0.3) is 0 Å². The molecule has 0 unspecified atom stereocenters. The number of rotatable bonds is 2. The molecule has 1 aromatic rings. The molecule has 0 radical (unpaired) electrons. The highest BCUT2D eigenvalue weighted by molar-refractivity contribution is 5.85. The summed E-state index contributed by atoms with van der Waals surface area (Å²) in [6.07, 6.45) is 2.45. The van der Waals surface area contributed by atoms with Gasteiger partial charge in [-0.15, -0.1) is 24.8 Å². The Labute approximate surface area is 118 Å². The molecule has 0 spiro atoms. The lowest BCUT2D eigenvalue weighted by Crippen LogP contribution is -2.42. The van der Waals surface area contributed by atoms with Gasteiger partial charge in [-0.1, -0.05) is 5.16 Å². The van der Waals surface area contributed by atoms with E-state index in [1.165, 1.54) is 12.8 Å². The second kappa shape index (κ2) is 6.68. The van der Waals surface area contributed by atoms with Gasteiger partial charge in [0.1, 0.15) is 6.10 Å². The average molecular weight is 297 g/mol. The van der Waals surface area contributed by atoms with Crippen molar-refractivity contribution in [1.82, 2.24) is 15.0 Å². The van der Waals surface area contributed by atoms with Crippen molar-refractivity contribution in [2.75, 3.05) is 19.7 Å². The summed E-state index contributed by atoms with van der Waals surface area (Å²) in [5.41, 5.74) is 5.43. The second-order valence-electron chi connectivity index (χ2n) is 4.36. The Balaban J connectivity index is 0.000000810. The minimum absolute atomic E-state index is 0. The Morgan fingerprint density at radius 3 is 2.94 bits per heavy atom. The first kappa shape index (κ1) is 15.7. The Bertz CT molecular complexity index is 377. The molecule has 2 fully saturated rings. The Hall–Kier alpha value is -0.400. The molecule has 2 aliphatic rings. The van der Waals surface area contributed by atoms with Gasteiger partial charge in [-0.05, 0) is 19.4 Å². The van der Waals surface area contributed by atoms with Gasteiger partial charge in [0.15, 0.2) is 0 Å². The summed E-state index contributed by atoms with van der Waals surface area (Å²) >= 11 is 0. The Morgan fingerprint density at radius 1 is 1.39 bits per heavy atom. The SMILES string of the molecule is Cl.Cl.NCc1nc([C@H]2CN3CCC[C@H]3CO2)no1. The van der Waals surface area contributed by atoms with Crippen LogP contribution in [-0.4, -0.2) is 40.8 Å². The number of hydrogen-bond acceptors (Lipinski definition) is 6. The molecule has 0 aromatic carbocycles. The van der Waals surface area contributed by atoms with Crippen LogP contribution < -0.4 is 5.73 Å². The van der Waals surface area contributed by atoms with Gasteiger partial charge in [-0.3, -0.25) is 4.90 Å². The van der Waals surface area contributed by atoms with Crippen LogP contribution in [0.5, 0.6) is 0 Å². The van der Waals surface area contributed by atoms with E-state index in [1.54, 1.807) is 0 Å². The van der Waals surface area contributed by atoms with Crippen molar-refractivity contribution >= 4 is 24.8 Å². The first-order chi connectivity index (χ1) is 7.86. The largest absolute Gasteiger partial charge is 0.367 e. The van der Waals surface area contributed by atoms with E-state index >= 15 is 0 Å². The molecule has 0 aliphatic carbocycles. The zero-order chi connectivity index (χ0) is 11.0. The maximum atomic E-state index is 5.77. The number of morpholine rings is 1. The molecule has 6 nitrogen and oxygen atoms in total. The quantitative estimate of drug-likeness (QED) is 0.874. The van der Waals surface area contributed by atoms with Crippen LogP contribution in [0.1, 0.15) is 30.7 Å². The summed E-state index contributed by atoms with van der Waals surface area (Å²) < 4.78 is 10.8. The van der Waals surface area contributed by atoms with Gasteiger partial charge < -0.3 is 15.0 Å². The number of nitrogens with two attached hydrogens (primary N) is 1. The lowest BCUT2D eigenvalue weighted by Gasteiger charge is -2.33. The van der Waals surface area contributed by atoms with E-state index in [1.807, 2.05) is 0 Å². The van der Waals surface area contributed by atoms with Crippen molar-refractivity contribution < 1.29 is 9.26 Å². The zero-order valence-electron chi connectivity index (χ0n) is 9.95. The van der Waals surface area contributed by atoms with E-state index in [2.05, 4.69) is 15.0 Å². The van der Waals surface area contributed by atoms with E-state index in [4.69, 9.17) is 15.0 Å². The van der Waals surface area contributed by atoms with Crippen molar-refractivity contribution in [2.24, 2.45) is 5.73 Å². The van der Waals surface area contributed by atoms with Crippen molar-refractivity contribution in [1.29, 1.82) is 0 Å². The van der Waals surface area contributed by atoms with E-state index in [-0.39, 0.29) is 37.5 Å². The van der Waals surface area contributed by atoms with Crippen LogP contribution in [0.4, 0.5) is 0 Å². The van der Waals surface area contributed by atoms with Crippen LogP contribution in [0.3, 0.4) is 0 Å². The van der Waals surface area contributed by atoms with E-state index in [9.17, 15) is 0 Å². The molecule has 2 atom stereocenters. The predicted molar refractivity (Wildman–Crippen MR) is 70.0 cm³/mol. The smallest absolute Gasteiger partial charge is 0.240 e. The lowest BCUT2D eigenvalue weighted by atomic mass is 10.2. The van der Waals surface area contributed by atoms with Gasteiger partial charge in [0.2, 0.25) is 11.7 Å². The van der Waals surface area contributed by atoms with Crippen molar-refractivity contribution in [3.05, 3.63) is 11.7 Å². The number of halogens is 2. The topological polar surface area (TPSA) is 77.4 Å². The molecule has 2 saturated heterocycles.